The van der Waals surface area contributed by atoms with Gasteiger partial charge >= 0.3 is 5.97 Å². The van der Waals surface area contributed by atoms with E-state index in [0.717, 1.165) is 5.56 Å². The summed E-state index contributed by atoms with van der Waals surface area (Å²) in [6, 6.07) is 20.0. The standard InChI is InChI=1S/C20H17N3O3/c1-25-20(24)15-7-9-17(10-8-15)26-19-18(22)11-16(12-21)23(19)13-14-5-3-2-4-6-14/h2-11H,13,22H2,1H3. The van der Waals surface area contributed by atoms with Crippen LogP contribution >= 0.6 is 0 Å². The lowest BCUT2D eigenvalue weighted by Crippen LogP contribution is -2.05. The number of carbonyl (C=O) groups excluding carboxylic acids is 1. The smallest absolute Gasteiger partial charge is 0.337 e. The first-order valence-corrected chi connectivity index (χ1v) is 7.91. The van der Waals surface area contributed by atoms with Crippen LogP contribution in [0.15, 0.2) is 60.7 Å². The summed E-state index contributed by atoms with van der Waals surface area (Å²) in [5, 5.41) is 9.39. The molecule has 0 aliphatic heterocycles. The van der Waals surface area contributed by atoms with E-state index in [1.807, 2.05) is 30.3 Å². The Kier molecular flexibility index (Phi) is 4.90. The molecule has 0 saturated carbocycles. The van der Waals surface area contributed by atoms with Gasteiger partial charge in [-0.25, -0.2) is 4.79 Å². The highest BCUT2D eigenvalue weighted by molar-refractivity contribution is 5.89. The summed E-state index contributed by atoms with van der Waals surface area (Å²) < 4.78 is 12.3. The first-order chi connectivity index (χ1) is 12.6. The fourth-order valence-corrected chi connectivity index (χ4v) is 2.57. The number of nitrogens with zero attached hydrogens (tertiary/aromatic N) is 2. The van der Waals surface area contributed by atoms with Crippen LogP contribution < -0.4 is 10.5 Å². The highest BCUT2D eigenvalue weighted by Gasteiger charge is 2.16. The highest BCUT2D eigenvalue weighted by Crippen LogP contribution is 2.32. The van der Waals surface area contributed by atoms with Gasteiger partial charge < -0.3 is 15.2 Å². The van der Waals surface area contributed by atoms with Crippen molar-refractivity contribution in [2.75, 3.05) is 12.8 Å². The molecule has 6 nitrogen and oxygen atoms in total. The van der Waals surface area contributed by atoms with E-state index in [9.17, 15) is 10.1 Å². The quantitative estimate of drug-likeness (QED) is 0.713. The van der Waals surface area contributed by atoms with Crippen molar-refractivity contribution in [2.24, 2.45) is 0 Å². The van der Waals surface area contributed by atoms with Gasteiger partial charge in [0.2, 0.25) is 5.88 Å². The van der Waals surface area contributed by atoms with E-state index in [1.54, 1.807) is 34.9 Å². The van der Waals surface area contributed by atoms with E-state index in [1.165, 1.54) is 7.11 Å². The van der Waals surface area contributed by atoms with Crippen LogP contribution in [0, 0.1) is 11.3 Å². The summed E-state index contributed by atoms with van der Waals surface area (Å²) in [5.74, 6) is 0.466. The topological polar surface area (TPSA) is 90.3 Å². The molecule has 2 aromatic carbocycles. The predicted molar refractivity (Wildman–Crippen MR) is 97.0 cm³/mol. The summed E-state index contributed by atoms with van der Waals surface area (Å²) in [4.78, 5) is 11.5. The molecule has 0 bridgehead atoms. The van der Waals surface area contributed by atoms with E-state index in [2.05, 4.69) is 10.8 Å². The molecule has 0 fully saturated rings. The number of anilines is 1. The minimum absolute atomic E-state index is 0.370. The zero-order chi connectivity index (χ0) is 18.5. The maximum Gasteiger partial charge on any atom is 0.337 e. The average molecular weight is 347 g/mol. The lowest BCUT2D eigenvalue weighted by Gasteiger charge is -2.13. The van der Waals surface area contributed by atoms with Crippen molar-refractivity contribution in [2.45, 2.75) is 6.54 Å². The number of methoxy groups -OCH3 is 1. The third-order valence-electron chi connectivity index (χ3n) is 3.86. The molecule has 0 atom stereocenters. The Morgan fingerprint density at radius 1 is 1.15 bits per heavy atom. The van der Waals surface area contributed by atoms with Gasteiger partial charge in [0.15, 0.2) is 0 Å². The Morgan fingerprint density at radius 2 is 1.85 bits per heavy atom. The van der Waals surface area contributed by atoms with Crippen LogP contribution in [0.3, 0.4) is 0 Å². The third kappa shape index (κ3) is 3.52. The van der Waals surface area contributed by atoms with Crippen molar-refractivity contribution in [3.63, 3.8) is 0 Å². The molecule has 3 aromatic rings. The van der Waals surface area contributed by atoms with Gasteiger partial charge in [-0.3, -0.25) is 4.57 Å². The zero-order valence-electron chi connectivity index (χ0n) is 14.2. The average Bonchev–Trinajstić information content (AvgIpc) is 2.97. The van der Waals surface area contributed by atoms with Gasteiger partial charge in [0.1, 0.15) is 17.5 Å². The molecule has 0 aliphatic rings. The van der Waals surface area contributed by atoms with E-state index >= 15 is 0 Å². The summed E-state index contributed by atoms with van der Waals surface area (Å²) in [7, 11) is 1.33. The van der Waals surface area contributed by atoms with Gasteiger partial charge in [0.25, 0.3) is 0 Å². The SMILES string of the molecule is COC(=O)c1ccc(Oc2c(N)cc(C#N)n2Cc2ccccc2)cc1. The van der Waals surface area contributed by atoms with Crippen molar-refractivity contribution in [3.8, 4) is 17.7 Å². The van der Waals surface area contributed by atoms with Crippen LogP contribution in [0.2, 0.25) is 0 Å². The fourth-order valence-electron chi connectivity index (χ4n) is 2.57. The van der Waals surface area contributed by atoms with Crippen LogP contribution in [0.25, 0.3) is 0 Å². The van der Waals surface area contributed by atoms with E-state index in [0.29, 0.717) is 35.1 Å². The number of rotatable bonds is 5. The second-order valence-electron chi connectivity index (χ2n) is 5.59. The number of carbonyl (C=O) groups is 1. The number of hydrogen-bond acceptors (Lipinski definition) is 5. The highest BCUT2D eigenvalue weighted by atomic mass is 16.5. The lowest BCUT2D eigenvalue weighted by molar-refractivity contribution is 0.0600. The van der Waals surface area contributed by atoms with Gasteiger partial charge in [-0.05, 0) is 29.8 Å². The minimum atomic E-state index is -0.421. The molecule has 6 heteroatoms. The van der Waals surface area contributed by atoms with Crippen molar-refractivity contribution >= 4 is 11.7 Å². The van der Waals surface area contributed by atoms with E-state index in [4.69, 9.17) is 10.5 Å². The largest absolute Gasteiger partial charge is 0.465 e. The summed E-state index contributed by atoms with van der Waals surface area (Å²) in [5.41, 5.74) is 8.27. The predicted octanol–water partition coefficient (Wildman–Crippen LogP) is 3.57. The van der Waals surface area contributed by atoms with Crippen LogP contribution in [0.1, 0.15) is 21.6 Å². The Bertz CT molecular complexity index is 954. The number of nitriles is 1. The van der Waals surface area contributed by atoms with Gasteiger partial charge in [0, 0.05) is 6.07 Å². The number of aromatic nitrogens is 1. The number of nitrogen functional groups attached to an aromatic ring is 1. The van der Waals surface area contributed by atoms with E-state index < -0.39 is 5.97 Å². The normalized spacial score (nSPS) is 10.2. The Hall–Kier alpha value is -3.72. The first-order valence-electron chi connectivity index (χ1n) is 7.91. The second-order valence-corrected chi connectivity index (χ2v) is 5.59. The monoisotopic (exact) mass is 347 g/mol. The molecule has 0 saturated heterocycles. The molecule has 1 heterocycles. The van der Waals surface area contributed by atoms with Gasteiger partial charge in [-0.15, -0.1) is 0 Å². The zero-order valence-corrected chi connectivity index (χ0v) is 14.2. The van der Waals surface area contributed by atoms with Crippen LogP contribution in [0.5, 0.6) is 11.6 Å². The summed E-state index contributed by atoms with van der Waals surface area (Å²) >= 11 is 0. The van der Waals surface area contributed by atoms with Crippen LogP contribution in [-0.2, 0) is 11.3 Å². The Labute approximate surface area is 151 Å². The number of esters is 1. The Morgan fingerprint density at radius 3 is 2.46 bits per heavy atom. The number of ether oxygens (including phenoxy) is 2. The first kappa shape index (κ1) is 17.1. The summed E-state index contributed by atoms with van der Waals surface area (Å²) in [6.45, 7) is 0.455. The number of benzene rings is 2. The van der Waals surface area contributed by atoms with Crippen molar-refractivity contribution < 1.29 is 14.3 Å². The minimum Gasteiger partial charge on any atom is -0.465 e. The molecule has 0 radical (unpaired) electrons. The fraction of sp³-hybridized carbons (Fsp3) is 0.100. The molecule has 130 valence electrons. The van der Waals surface area contributed by atoms with Crippen LogP contribution in [-0.4, -0.2) is 17.6 Å². The van der Waals surface area contributed by atoms with Crippen LogP contribution in [0.4, 0.5) is 5.69 Å². The summed E-state index contributed by atoms with van der Waals surface area (Å²) in [6.07, 6.45) is 0. The molecule has 0 unspecified atom stereocenters. The molecule has 2 N–H and O–H groups in total. The number of nitrogens with two attached hydrogens (primary N) is 1. The second kappa shape index (κ2) is 7.45. The molecule has 0 amide bonds. The molecule has 3 rings (SSSR count). The molecule has 1 aromatic heterocycles. The molecule has 0 aliphatic carbocycles. The van der Waals surface area contributed by atoms with Crippen molar-refractivity contribution in [3.05, 3.63) is 77.5 Å². The van der Waals surface area contributed by atoms with Crippen molar-refractivity contribution in [1.82, 2.24) is 4.57 Å². The third-order valence-corrected chi connectivity index (χ3v) is 3.86. The molecule has 0 spiro atoms. The van der Waals surface area contributed by atoms with Gasteiger partial charge in [-0.2, -0.15) is 5.26 Å². The maximum atomic E-state index is 11.5. The molecule has 26 heavy (non-hydrogen) atoms. The van der Waals surface area contributed by atoms with Gasteiger partial charge in [0.05, 0.1) is 24.9 Å². The maximum absolute atomic E-state index is 11.5. The van der Waals surface area contributed by atoms with Gasteiger partial charge in [-0.1, -0.05) is 30.3 Å². The number of hydrogen-bond donors (Lipinski definition) is 1. The molecular weight excluding hydrogens is 330 g/mol. The van der Waals surface area contributed by atoms with Crippen molar-refractivity contribution in [1.29, 1.82) is 5.26 Å². The van der Waals surface area contributed by atoms with E-state index in [-0.39, 0.29) is 0 Å². The Balaban J connectivity index is 1.91. The lowest BCUT2D eigenvalue weighted by atomic mass is 10.2. The molecular formula is C20H17N3O3.